The Morgan fingerprint density at radius 3 is 2.48 bits per heavy atom. The number of likely N-dealkylation sites (tertiary alicyclic amines) is 1. The maximum absolute atomic E-state index is 12.2. The Morgan fingerprint density at radius 1 is 1.19 bits per heavy atom. The van der Waals surface area contributed by atoms with Gasteiger partial charge in [-0.25, -0.2) is 4.79 Å². The molecule has 2 aliphatic rings. The van der Waals surface area contributed by atoms with Crippen molar-refractivity contribution < 1.29 is 14.7 Å². The molecule has 0 aromatic rings. The van der Waals surface area contributed by atoms with Crippen molar-refractivity contribution in [3.8, 4) is 0 Å². The smallest absolute Gasteiger partial charge is 0.317 e. The minimum absolute atomic E-state index is 0.0734. The van der Waals surface area contributed by atoms with Crippen LogP contribution in [0.2, 0.25) is 0 Å². The van der Waals surface area contributed by atoms with E-state index in [1.165, 1.54) is 32.1 Å². The third kappa shape index (κ3) is 4.61. The van der Waals surface area contributed by atoms with Gasteiger partial charge in [-0.15, -0.1) is 0 Å². The molecular formula is C16H28N2O3. The highest BCUT2D eigenvalue weighted by molar-refractivity contribution is 5.77. The number of amides is 2. The molecule has 2 N–H and O–H groups in total. The van der Waals surface area contributed by atoms with Crippen LogP contribution in [0.25, 0.3) is 0 Å². The molecule has 5 nitrogen and oxygen atoms in total. The van der Waals surface area contributed by atoms with E-state index >= 15 is 0 Å². The summed E-state index contributed by atoms with van der Waals surface area (Å²) in [5, 5.41) is 12.1. The van der Waals surface area contributed by atoms with Gasteiger partial charge in [0.2, 0.25) is 0 Å². The first kappa shape index (κ1) is 16.1. The number of hydrogen-bond donors (Lipinski definition) is 2. The van der Waals surface area contributed by atoms with Gasteiger partial charge in [-0.3, -0.25) is 4.79 Å². The third-order valence-corrected chi connectivity index (χ3v) is 4.96. The molecule has 1 atom stereocenters. The fraction of sp³-hybridized carbons (Fsp3) is 0.875. The van der Waals surface area contributed by atoms with Crippen molar-refractivity contribution in [1.29, 1.82) is 0 Å². The van der Waals surface area contributed by atoms with Gasteiger partial charge in [0.15, 0.2) is 0 Å². The summed E-state index contributed by atoms with van der Waals surface area (Å²) in [6.07, 6.45) is 9.02. The number of carbonyl (C=O) groups excluding carboxylic acids is 1. The summed E-state index contributed by atoms with van der Waals surface area (Å²) in [7, 11) is 0. The molecule has 5 heteroatoms. The summed E-state index contributed by atoms with van der Waals surface area (Å²) < 4.78 is 0. The monoisotopic (exact) mass is 296 g/mol. The topological polar surface area (TPSA) is 69.6 Å². The number of rotatable bonds is 5. The number of carboxylic acid groups (broad SMARTS) is 1. The lowest BCUT2D eigenvalue weighted by Gasteiger charge is -2.30. The second-order valence-corrected chi connectivity index (χ2v) is 6.58. The second-order valence-electron chi connectivity index (χ2n) is 6.58. The highest BCUT2D eigenvalue weighted by atomic mass is 16.4. The number of carboxylic acids is 1. The molecular weight excluding hydrogens is 268 g/mol. The first-order valence-corrected chi connectivity index (χ1v) is 8.38. The van der Waals surface area contributed by atoms with E-state index in [-0.39, 0.29) is 18.0 Å². The van der Waals surface area contributed by atoms with E-state index in [1.54, 1.807) is 4.90 Å². The van der Waals surface area contributed by atoms with Gasteiger partial charge in [0.25, 0.3) is 0 Å². The molecule has 120 valence electrons. The average Bonchev–Trinajstić information content (AvgIpc) is 2.97. The minimum Gasteiger partial charge on any atom is -0.481 e. The molecule has 1 saturated heterocycles. The van der Waals surface area contributed by atoms with Crippen molar-refractivity contribution in [3.05, 3.63) is 0 Å². The molecule has 1 aliphatic carbocycles. The summed E-state index contributed by atoms with van der Waals surface area (Å²) >= 11 is 0. The van der Waals surface area contributed by atoms with E-state index in [9.17, 15) is 9.59 Å². The molecule has 2 rings (SSSR count). The van der Waals surface area contributed by atoms with Crippen molar-refractivity contribution in [1.82, 2.24) is 10.2 Å². The molecule has 0 aromatic heterocycles. The van der Waals surface area contributed by atoms with Crippen LogP contribution >= 0.6 is 0 Å². The van der Waals surface area contributed by atoms with Gasteiger partial charge < -0.3 is 15.3 Å². The number of nitrogens with one attached hydrogen (secondary N) is 1. The number of hydrogen-bond acceptors (Lipinski definition) is 2. The maximum atomic E-state index is 12.2. The Morgan fingerprint density at radius 2 is 1.90 bits per heavy atom. The fourth-order valence-electron chi connectivity index (χ4n) is 3.50. The minimum atomic E-state index is -0.790. The number of unbranched alkanes of at least 4 members (excludes halogenated alkanes) is 1. The molecule has 1 unspecified atom stereocenters. The first-order valence-electron chi connectivity index (χ1n) is 8.38. The maximum Gasteiger partial charge on any atom is 0.317 e. The zero-order chi connectivity index (χ0) is 15.2. The summed E-state index contributed by atoms with van der Waals surface area (Å²) in [5.74, 6) is -0.344. The van der Waals surface area contributed by atoms with Gasteiger partial charge in [-0.2, -0.15) is 0 Å². The quantitative estimate of drug-likeness (QED) is 0.819. The van der Waals surface area contributed by atoms with Crippen molar-refractivity contribution in [3.63, 3.8) is 0 Å². The zero-order valence-electron chi connectivity index (χ0n) is 13.0. The summed E-state index contributed by atoms with van der Waals surface area (Å²) in [6, 6.07) is 0.204. The van der Waals surface area contributed by atoms with Crippen LogP contribution in [-0.2, 0) is 4.79 Å². The summed E-state index contributed by atoms with van der Waals surface area (Å²) in [4.78, 5) is 24.7. The molecule has 0 bridgehead atoms. The van der Waals surface area contributed by atoms with E-state index < -0.39 is 5.97 Å². The van der Waals surface area contributed by atoms with Gasteiger partial charge in [0.1, 0.15) is 0 Å². The molecule has 1 heterocycles. The van der Waals surface area contributed by atoms with Crippen LogP contribution in [0, 0.1) is 11.8 Å². The van der Waals surface area contributed by atoms with Crippen LogP contribution in [0.15, 0.2) is 0 Å². The largest absolute Gasteiger partial charge is 0.481 e. The van der Waals surface area contributed by atoms with Crippen LogP contribution in [0.1, 0.15) is 58.3 Å². The third-order valence-electron chi connectivity index (χ3n) is 4.96. The van der Waals surface area contributed by atoms with Gasteiger partial charge >= 0.3 is 12.0 Å². The SMILES string of the molecule is CCCCC1CCC(NC(=O)N2CCC(C(=O)O)C2)CC1. The Kier molecular flexibility index (Phi) is 5.88. The lowest BCUT2D eigenvalue weighted by atomic mass is 9.83. The van der Waals surface area contributed by atoms with Crippen molar-refractivity contribution >= 4 is 12.0 Å². The molecule has 0 spiro atoms. The highest BCUT2D eigenvalue weighted by Gasteiger charge is 2.32. The Balaban J connectivity index is 1.69. The molecule has 0 aromatic carbocycles. The second kappa shape index (κ2) is 7.66. The summed E-state index contributed by atoms with van der Waals surface area (Å²) in [6.45, 7) is 3.15. The summed E-state index contributed by atoms with van der Waals surface area (Å²) in [5.41, 5.74) is 0. The van der Waals surface area contributed by atoms with Crippen LogP contribution in [0.4, 0.5) is 4.79 Å². The number of carbonyl (C=O) groups is 2. The number of nitrogens with zero attached hydrogens (tertiary/aromatic N) is 1. The van der Waals surface area contributed by atoms with Crippen molar-refractivity contribution in [2.75, 3.05) is 13.1 Å². The predicted molar refractivity (Wildman–Crippen MR) is 81.1 cm³/mol. The Labute approximate surface area is 127 Å². The van der Waals surface area contributed by atoms with Gasteiger partial charge in [0.05, 0.1) is 5.92 Å². The molecule has 2 amide bonds. The lowest BCUT2D eigenvalue weighted by Crippen LogP contribution is -2.45. The van der Waals surface area contributed by atoms with Gasteiger partial charge in [-0.05, 0) is 38.0 Å². The van der Waals surface area contributed by atoms with Crippen molar-refractivity contribution in [2.24, 2.45) is 11.8 Å². The number of aliphatic carboxylic acids is 1. The van der Waals surface area contributed by atoms with Crippen LogP contribution in [0.5, 0.6) is 0 Å². The average molecular weight is 296 g/mol. The Hall–Kier alpha value is -1.26. The van der Waals surface area contributed by atoms with Crippen LogP contribution in [-0.4, -0.2) is 41.1 Å². The normalized spacial score (nSPS) is 29.4. The van der Waals surface area contributed by atoms with Gasteiger partial charge in [-0.1, -0.05) is 26.2 Å². The predicted octanol–water partition coefficient (Wildman–Crippen LogP) is 2.85. The molecule has 1 saturated carbocycles. The number of urea groups is 1. The van der Waals surface area contributed by atoms with Gasteiger partial charge in [0, 0.05) is 19.1 Å². The highest BCUT2D eigenvalue weighted by Crippen LogP contribution is 2.28. The Bertz CT molecular complexity index is 365. The zero-order valence-corrected chi connectivity index (χ0v) is 13.0. The van der Waals surface area contributed by atoms with E-state index in [1.807, 2.05) is 0 Å². The molecule has 1 aliphatic heterocycles. The molecule has 21 heavy (non-hydrogen) atoms. The van der Waals surface area contributed by atoms with Crippen molar-refractivity contribution in [2.45, 2.75) is 64.3 Å². The standard InChI is InChI=1S/C16H28N2O3/c1-2-3-4-12-5-7-14(8-6-12)17-16(21)18-10-9-13(11-18)15(19)20/h12-14H,2-11H2,1H3,(H,17,21)(H,19,20). The van der Waals surface area contributed by atoms with Crippen LogP contribution in [0.3, 0.4) is 0 Å². The molecule has 2 fully saturated rings. The molecule has 0 radical (unpaired) electrons. The first-order chi connectivity index (χ1) is 10.1. The fourth-order valence-corrected chi connectivity index (χ4v) is 3.50. The van der Waals surface area contributed by atoms with Crippen LogP contribution < -0.4 is 5.32 Å². The van der Waals surface area contributed by atoms with E-state index in [0.29, 0.717) is 19.5 Å². The van der Waals surface area contributed by atoms with E-state index in [0.717, 1.165) is 18.8 Å². The van der Waals surface area contributed by atoms with E-state index in [4.69, 9.17) is 5.11 Å². The van der Waals surface area contributed by atoms with E-state index in [2.05, 4.69) is 12.2 Å². The lowest BCUT2D eigenvalue weighted by molar-refractivity contribution is -0.141.